The van der Waals surface area contributed by atoms with Crippen molar-refractivity contribution < 1.29 is 19.1 Å². The Morgan fingerprint density at radius 2 is 1.91 bits per heavy atom. The van der Waals surface area contributed by atoms with Gasteiger partial charge in [-0.1, -0.05) is 32.6 Å². The third-order valence-corrected chi connectivity index (χ3v) is 6.86. The lowest BCUT2D eigenvalue weighted by molar-refractivity contribution is -0.129. The summed E-state index contributed by atoms with van der Waals surface area (Å²) in [5.74, 6) is 0.750. The Bertz CT molecular complexity index is 991. The van der Waals surface area contributed by atoms with Crippen molar-refractivity contribution in [3.8, 4) is 5.75 Å². The quantitative estimate of drug-likeness (QED) is 0.376. The smallest absolute Gasteiger partial charge is 0.242 e. The van der Waals surface area contributed by atoms with E-state index in [2.05, 4.69) is 15.6 Å². The standard InChI is InChI=1S/C27H39N3O4/c1-4-20(31)12-6-5-7-13-25(27(33)29-19-10-8-9-11-19)30-26(32)17-22-18(2)28-24-15-14-21(34-3)16-23(22)24/h14-16,19,25,28H,4-13,17H2,1-3H3,(H,29,33)(H,30,32). The van der Waals surface area contributed by atoms with Crippen LogP contribution in [0.1, 0.15) is 82.4 Å². The van der Waals surface area contributed by atoms with E-state index in [1.165, 1.54) is 0 Å². The molecule has 0 bridgehead atoms. The van der Waals surface area contributed by atoms with Gasteiger partial charge in [-0.05, 0) is 56.4 Å². The summed E-state index contributed by atoms with van der Waals surface area (Å²) in [4.78, 5) is 40.9. The molecule has 1 aromatic carbocycles. The monoisotopic (exact) mass is 469 g/mol. The molecule has 7 nitrogen and oxygen atoms in total. The van der Waals surface area contributed by atoms with Crippen LogP contribution in [0.4, 0.5) is 0 Å². The second-order valence-corrected chi connectivity index (χ2v) is 9.42. The van der Waals surface area contributed by atoms with Crippen LogP contribution in [0.15, 0.2) is 18.2 Å². The highest BCUT2D eigenvalue weighted by Crippen LogP contribution is 2.27. The second kappa shape index (κ2) is 12.6. The van der Waals surface area contributed by atoms with Gasteiger partial charge in [0.15, 0.2) is 0 Å². The molecule has 0 aliphatic heterocycles. The average molecular weight is 470 g/mol. The van der Waals surface area contributed by atoms with Crippen molar-refractivity contribution in [3.63, 3.8) is 0 Å². The maximum atomic E-state index is 13.0. The molecule has 1 saturated carbocycles. The molecule has 186 valence electrons. The zero-order valence-electron chi connectivity index (χ0n) is 20.8. The van der Waals surface area contributed by atoms with Crippen molar-refractivity contribution in [3.05, 3.63) is 29.5 Å². The number of ketones is 1. The summed E-state index contributed by atoms with van der Waals surface area (Å²) >= 11 is 0. The maximum Gasteiger partial charge on any atom is 0.242 e. The van der Waals surface area contributed by atoms with Crippen LogP contribution in [0.3, 0.4) is 0 Å². The highest BCUT2D eigenvalue weighted by molar-refractivity contribution is 5.93. The van der Waals surface area contributed by atoms with E-state index in [0.29, 0.717) is 19.3 Å². The first kappa shape index (κ1) is 25.8. The summed E-state index contributed by atoms with van der Waals surface area (Å²) in [6.45, 7) is 3.84. The molecule has 2 aromatic rings. The molecule has 0 spiro atoms. The van der Waals surface area contributed by atoms with Gasteiger partial charge in [-0.15, -0.1) is 0 Å². The second-order valence-electron chi connectivity index (χ2n) is 9.42. The van der Waals surface area contributed by atoms with Gasteiger partial charge in [0.2, 0.25) is 11.8 Å². The molecule has 1 aliphatic rings. The number of amides is 2. The fourth-order valence-electron chi connectivity index (χ4n) is 4.79. The number of carbonyl (C=O) groups excluding carboxylic acids is 3. The van der Waals surface area contributed by atoms with Gasteiger partial charge in [-0.3, -0.25) is 14.4 Å². The number of H-pyrrole nitrogens is 1. The van der Waals surface area contributed by atoms with Crippen LogP contribution in [-0.4, -0.2) is 41.8 Å². The molecule has 3 rings (SSSR count). The van der Waals surface area contributed by atoms with E-state index in [9.17, 15) is 14.4 Å². The Morgan fingerprint density at radius 1 is 1.15 bits per heavy atom. The Morgan fingerprint density at radius 3 is 2.62 bits per heavy atom. The summed E-state index contributed by atoms with van der Waals surface area (Å²) in [7, 11) is 1.62. The number of ether oxygens (including phenoxy) is 1. The third-order valence-electron chi connectivity index (χ3n) is 6.86. The lowest BCUT2D eigenvalue weighted by atomic mass is 10.0. The maximum absolute atomic E-state index is 13.0. The largest absolute Gasteiger partial charge is 0.497 e. The number of hydrogen-bond acceptors (Lipinski definition) is 4. The van der Waals surface area contributed by atoms with Gasteiger partial charge in [-0.2, -0.15) is 0 Å². The van der Waals surface area contributed by atoms with Gasteiger partial charge in [0.1, 0.15) is 17.6 Å². The number of Topliss-reactive ketones (excluding diaryl/α,β-unsaturated/α-hetero) is 1. The number of carbonyl (C=O) groups is 3. The summed E-state index contributed by atoms with van der Waals surface area (Å²) in [5.41, 5.74) is 2.81. The minimum absolute atomic E-state index is 0.0952. The third kappa shape index (κ3) is 7.08. The van der Waals surface area contributed by atoms with Gasteiger partial charge >= 0.3 is 0 Å². The highest BCUT2D eigenvalue weighted by atomic mass is 16.5. The minimum Gasteiger partial charge on any atom is -0.497 e. The average Bonchev–Trinajstić information content (AvgIpc) is 3.44. The molecular formula is C27H39N3O4. The van der Waals surface area contributed by atoms with Crippen molar-refractivity contribution in [2.75, 3.05) is 7.11 Å². The fraction of sp³-hybridized carbons (Fsp3) is 0.593. The number of fused-ring (bicyclic) bond motifs is 1. The number of benzene rings is 1. The van der Waals surface area contributed by atoms with E-state index in [0.717, 1.165) is 72.9 Å². The molecule has 1 atom stereocenters. The van der Waals surface area contributed by atoms with Crippen molar-refractivity contribution in [1.29, 1.82) is 0 Å². The fourth-order valence-corrected chi connectivity index (χ4v) is 4.79. The Balaban J connectivity index is 1.63. The molecule has 2 amide bonds. The van der Waals surface area contributed by atoms with E-state index >= 15 is 0 Å². The predicted octanol–water partition coefficient (Wildman–Crippen LogP) is 4.50. The molecule has 0 saturated heterocycles. The van der Waals surface area contributed by atoms with Crippen LogP contribution in [0.5, 0.6) is 5.75 Å². The van der Waals surface area contributed by atoms with E-state index in [1.54, 1.807) is 7.11 Å². The molecule has 7 heteroatoms. The normalized spacial score (nSPS) is 14.8. The number of unbranched alkanes of at least 4 members (excludes halogenated alkanes) is 2. The Labute approximate surface area is 202 Å². The number of aryl methyl sites for hydroxylation is 1. The molecule has 0 radical (unpaired) electrons. The van der Waals surface area contributed by atoms with Crippen LogP contribution in [0.2, 0.25) is 0 Å². The zero-order chi connectivity index (χ0) is 24.5. The van der Waals surface area contributed by atoms with Crippen molar-refractivity contribution in [2.24, 2.45) is 0 Å². The van der Waals surface area contributed by atoms with Crippen LogP contribution >= 0.6 is 0 Å². The zero-order valence-corrected chi connectivity index (χ0v) is 20.8. The number of rotatable bonds is 13. The molecule has 1 unspecified atom stereocenters. The Kier molecular flexibility index (Phi) is 9.54. The Hall–Kier alpha value is -2.83. The number of aromatic nitrogens is 1. The first-order valence-electron chi connectivity index (χ1n) is 12.7. The van der Waals surface area contributed by atoms with Crippen molar-refractivity contribution in [1.82, 2.24) is 15.6 Å². The van der Waals surface area contributed by atoms with Gasteiger partial charge in [0, 0.05) is 35.5 Å². The lowest BCUT2D eigenvalue weighted by Gasteiger charge is -2.21. The molecule has 1 aromatic heterocycles. The lowest BCUT2D eigenvalue weighted by Crippen LogP contribution is -2.49. The summed E-state index contributed by atoms with van der Waals surface area (Å²) < 4.78 is 5.35. The van der Waals surface area contributed by atoms with Crippen molar-refractivity contribution >= 4 is 28.5 Å². The molecule has 3 N–H and O–H groups in total. The summed E-state index contributed by atoms with van der Waals surface area (Å²) in [6, 6.07) is 5.42. The molecule has 34 heavy (non-hydrogen) atoms. The number of hydrogen-bond donors (Lipinski definition) is 3. The van der Waals surface area contributed by atoms with Crippen LogP contribution in [0, 0.1) is 6.92 Å². The number of methoxy groups -OCH3 is 1. The van der Waals surface area contributed by atoms with Crippen molar-refractivity contribution in [2.45, 2.75) is 96.6 Å². The first-order chi connectivity index (χ1) is 16.4. The van der Waals surface area contributed by atoms with Gasteiger partial charge < -0.3 is 20.4 Å². The SMILES string of the molecule is CCC(=O)CCCCCC(NC(=O)Cc1c(C)[nH]c2ccc(OC)cc12)C(=O)NC1CCCC1. The molecule has 1 aliphatic carbocycles. The summed E-state index contributed by atoms with van der Waals surface area (Å²) in [5, 5.41) is 7.09. The van der Waals surface area contributed by atoms with E-state index < -0.39 is 6.04 Å². The molecular weight excluding hydrogens is 430 g/mol. The summed E-state index contributed by atoms with van der Waals surface area (Å²) in [6.07, 6.45) is 8.69. The van der Waals surface area contributed by atoms with Gasteiger partial charge in [0.05, 0.1) is 13.5 Å². The minimum atomic E-state index is -0.560. The van der Waals surface area contributed by atoms with Gasteiger partial charge in [0.25, 0.3) is 0 Å². The first-order valence-corrected chi connectivity index (χ1v) is 12.7. The van der Waals surface area contributed by atoms with E-state index in [-0.39, 0.29) is 30.1 Å². The number of aromatic amines is 1. The number of nitrogens with one attached hydrogen (secondary N) is 3. The highest BCUT2D eigenvalue weighted by Gasteiger charge is 2.25. The van der Waals surface area contributed by atoms with E-state index in [1.807, 2.05) is 32.0 Å². The molecule has 1 fully saturated rings. The van der Waals surface area contributed by atoms with Crippen LogP contribution < -0.4 is 15.4 Å². The predicted molar refractivity (Wildman–Crippen MR) is 134 cm³/mol. The van der Waals surface area contributed by atoms with Crippen LogP contribution in [-0.2, 0) is 20.8 Å². The van der Waals surface area contributed by atoms with E-state index in [4.69, 9.17) is 4.74 Å². The topological polar surface area (TPSA) is 100 Å². The molecule has 1 heterocycles. The van der Waals surface area contributed by atoms with Crippen LogP contribution in [0.25, 0.3) is 10.9 Å². The van der Waals surface area contributed by atoms with Gasteiger partial charge in [-0.25, -0.2) is 0 Å².